The molecule has 0 rings (SSSR count). The largest absolute Gasteiger partial charge is 0.466 e. The molecule has 1 amide bonds. The fraction of sp³-hybridized carbons (Fsp3) is 0.884. The Kier molecular flexibility index (Phi) is 63.0. The molecule has 0 heterocycles. The van der Waals surface area contributed by atoms with E-state index >= 15 is 0 Å². The van der Waals surface area contributed by atoms with Crippen molar-refractivity contribution < 1.29 is 24.5 Å². The van der Waals surface area contributed by atoms with Gasteiger partial charge in [0.05, 0.1) is 25.4 Å². The molecule has 0 fully saturated rings. The van der Waals surface area contributed by atoms with E-state index in [0.29, 0.717) is 19.4 Å². The molecule has 2 unspecified atom stereocenters. The summed E-state index contributed by atoms with van der Waals surface area (Å²) < 4.78 is 5.48. The van der Waals surface area contributed by atoms with E-state index in [4.69, 9.17) is 4.74 Å². The minimum atomic E-state index is -0.844. The van der Waals surface area contributed by atoms with Gasteiger partial charge in [0.25, 0.3) is 0 Å². The number of aliphatic hydroxyl groups excluding tert-OH is 2. The monoisotopic (exact) mass is 1050 g/mol. The lowest BCUT2D eigenvalue weighted by Gasteiger charge is -2.20. The maximum Gasteiger partial charge on any atom is 0.305 e. The van der Waals surface area contributed by atoms with Crippen LogP contribution in [-0.2, 0) is 14.3 Å². The Balaban J connectivity index is 3.39. The third-order valence-electron chi connectivity index (χ3n) is 15.6. The van der Waals surface area contributed by atoms with Crippen molar-refractivity contribution >= 4 is 11.9 Å². The second kappa shape index (κ2) is 64.6. The summed E-state index contributed by atoms with van der Waals surface area (Å²) in [6.45, 7) is 4.91. The van der Waals surface area contributed by atoms with E-state index in [1.165, 1.54) is 295 Å². The number of aliphatic hydroxyl groups is 2. The van der Waals surface area contributed by atoms with E-state index in [-0.39, 0.29) is 18.5 Å². The lowest BCUT2D eigenvalue weighted by molar-refractivity contribution is -0.143. The molecular weight excluding hydrogens is 923 g/mol. The van der Waals surface area contributed by atoms with Crippen LogP contribution in [0, 0.1) is 0 Å². The van der Waals surface area contributed by atoms with Crippen molar-refractivity contribution in [3.63, 3.8) is 0 Å². The summed E-state index contributed by atoms with van der Waals surface area (Å²) in [5.74, 6) is -0.0577. The minimum Gasteiger partial charge on any atom is -0.466 e. The van der Waals surface area contributed by atoms with Crippen molar-refractivity contribution in [1.82, 2.24) is 5.32 Å². The zero-order valence-electron chi connectivity index (χ0n) is 50.5. The molecule has 0 aliphatic heterocycles. The van der Waals surface area contributed by atoms with Crippen LogP contribution in [0.4, 0.5) is 0 Å². The fourth-order valence-corrected chi connectivity index (χ4v) is 10.4. The zero-order chi connectivity index (χ0) is 54.3. The number of carbonyl (C=O) groups excluding carboxylic acids is 2. The molecule has 2 atom stereocenters. The number of hydrogen-bond donors (Lipinski definition) is 3. The maximum absolute atomic E-state index is 12.5. The van der Waals surface area contributed by atoms with Crippen LogP contribution in [-0.4, -0.2) is 47.4 Å². The molecule has 0 aromatic carbocycles. The minimum absolute atomic E-state index is 0.00777. The van der Waals surface area contributed by atoms with Crippen molar-refractivity contribution in [3.05, 3.63) is 36.5 Å². The molecular formula is C69H131NO5. The summed E-state index contributed by atoms with van der Waals surface area (Å²) >= 11 is 0. The van der Waals surface area contributed by atoms with E-state index in [1.807, 2.05) is 6.08 Å². The predicted molar refractivity (Wildman–Crippen MR) is 329 cm³/mol. The van der Waals surface area contributed by atoms with Crippen LogP contribution in [0.3, 0.4) is 0 Å². The molecule has 0 aromatic rings. The van der Waals surface area contributed by atoms with E-state index < -0.39 is 12.1 Å². The molecule has 0 spiro atoms. The van der Waals surface area contributed by atoms with Gasteiger partial charge in [-0.1, -0.05) is 307 Å². The Hall–Kier alpha value is -1.92. The fourth-order valence-electron chi connectivity index (χ4n) is 10.4. The van der Waals surface area contributed by atoms with Crippen LogP contribution < -0.4 is 5.32 Å². The smallest absolute Gasteiger partial charge is 0.305 e. The number of hydrogen-bond acceptors (Lipinski definition) is 5. The van der Waals surface area contributed by atoms with E-state index in [2.05, 4.69) is 43.5 Å². The number of nitrogens with one attached hydrogen (secondary N) is 1. The van der Waals surface area contributed by atoms with Crippen molar-refractivity contribution in [1.29, 1.82) is 0 Å². The molecule has 442 valence electrons. The standard InChI is InChI=1S/C69H131NO5/c1-3-5-7-9-11-13-15-17-34-37-41-45-49-53-57-61-67(72)66(65-71)70-68(73)62-58-54-50-46-42-38-35-32-30-28-26-24-22-20-19-21-23-25-27-29-31-33-36-40-44-48-52-56-60-64-75-69(74)63-59-55-51-47-43-39-18-16-14-12-10-8-6-4-2/h16,18-19,21,57,61,66-67,71-72H,3-15,17,20,22-56,58-60,62-65H2,1-2H3,(H,70,73)/b18-16-,21-19-,61-57+. The zero-order valence-corrected chi connectivity index (χ0v) is 50.5. The van der Waals surface area contributed by atoms with Crippen molar-refractivity contribution in [2.75, 3.05) is 13.2 Å². The first-order valence-electron chi connectivity index (χ1n) is 33.8. The summed E-state index contributed by atoms with van der Waals surface area (Å²) in [5, 5.41) is 23.1. The Morgan fingerprint density at radius 1 is 0.360 bits per heavy atom. The Morgan fingerprint density at radius 3 is 0.947 bits per heavy atom. The molecule has 0 saturated carbocycles. The number of esters is 1. The van der Waals surface area contributed by atoms with Gasteiger partial charge in [-0.3, -0.25) is 9.59 Å². The second-order valence-corrected chi connectivity index (χ2v) is 23.1. The number of carbonyl (C=O) groups is 2. The Labute approximate surface area is 468 Å². The molecule has 0 aliphatic rings. The van der Waals surface area contributed by atoms with E-state index in [9.17, 15) is 19.8 Å². The number of unbranched alkanes of at least 4 members (excludes halogenated alkanes) is 48. The number of rotatable bonds is 63. The highest BCUT2D eigenvalue weighted by Gasteiger charge is 2.18. The molecule has 6 heteroatoms. The topological polar surface area (TPSA) is 95.9 Å². The maximum atomic E-state index is 12.5. The average Bonchev–Trinajstić information content (AvgIpc) is 3.41. The highest BCUT2D eigenvalue weighted by atomic mass is 16.5. The van der Waals surface area contributed by atoms with Crippen LogP contribution in [0.15, 0.2) is 36.5 Å². The first-order chi connectivity index (χ1) is 37.0. The molecule has 0 aromatic heterocycles. The van der Waals surface area contributed by atoms with Crippen molar-refractivity contribution in [2.24, 2.45) is 0 Å². The van der Waals surface area contributed by atoms with Gasteiger partial charge in [0.1, 0.15) is 0 Å². The van der Waals surface area contributed by atoms with Crippen LogP contribution in [0.5, 0.6) is 0 Å². The molecule has 0 aliphatic carbocycles. The summed E-state index contributed by atoms with van der Waals surface area (Å²) in [6.07, 6.45) is 82.1. The number of allylic oxidation sites excluding steroid dienone is 5. The molecule has 3 N–H and O–H groups in total. The van der Waals surface area contributed by atoms with E-state index in [1.54, 1.807) is 6.08 Å². The molecule has 0 saturated heterocycles. The van der Waals surface area contributed by atoms with Gasteiger partial charge < -0.3 is 20.3 Å². The third kappa shape index (κ3) is 61.2. The highest BCUT2D eigenvalue weighted by molar-refractivity contribution is 5.76. The SMILES string of the molecule is CCCCCCC/C=C\CCCCCCCC(=O)OCCCCCCCCCCCCCC/C=C\CCCCCCCCCCCCCCCC(=O)NC(CO)C(O)/C=C/CCCCCCCCCCCCCCC. The first kappa shape index (κ1) is 73.1. The normalized spacial score (nSPS) is 12.7. The van der Waals surface area contributed by atoms with Gasteiger partial charge in [0.15, 0.2) is 0 Å². The van der Waals surface area contributed by atoms with Gasteiger partial charge in [-0.05, 0) is 83.5 Å². The van der Waals surface area contributed by atoms with Gasteiger partial charge in [-0.2, -0.15) is 0 Å². The van der Waals surface area contributed by atoms with Crippen LogP contribution in [0.2, 0.25) is 0 Å². The molecule has 0 radical (unpaired) electrons. The molecule has 0 bridgehead atoms. The third-order valence-corrected chi connectivity index (χ3v) is 15.6. The predicted octanol–water partition coefficient (Wildman–Crippen LogP) is 21.5. The Morgan fingerprint density at radius 2 is 0.627 bits per heavy atom. The summed E-state index contributed by atoms with van der Waals surface area (Å²) in [5.41, 5.74) is 0. The number of ether oxygens (including phenoxy) is 1. The van der Waals surface area contributed by atoms with Crippen LogP contribution in [0.1, 0.15) is 367 Å². The van der Waals surface area contributed by atoms with Crippen LogP contribution >= 0.6 is 0 Å². The van der Waals surface area contributed by atoms with Crippen molar-refractivity contribution in [2.45, 2.75) is 379 Å². The summed E-state index contributed by atoms with van der Waals surface area (Å²) in [4.78, 5) is 24.5. The molecule has 6 nitrogen and oxygen atoms in total. The van der Waals surface area contributed by atoms with Gasteiger partial charge in [0, 0.05) is 12.8 Å². The average molecular weight is 1050 g/mol. The van der Waals surface area contributed by atoms with Gasteiger partial charge in [-0.25, -0.2) is 0 Å². The lowest BCUT2D eigenvalue weighted by Crippen LogP contribution is -2.45. The van der Waals surface area contributed by atoms with Crippen LogP contribution in [0.25, 0.3) is 0 Å². The number of amides is 1. The quantitative estimate of drug-likeness (QED) is 0.0320. The summed E-state index contributed by atoms with van der Waals surface area (Å²) in [7, 11) is 0. The first-order valence-corrected chi connectivity index (χ1v) is 33.8. The highest BCUT2D eigenvalue weighted by Crippen LogP contribution is 2.18. The van der Waals surface area contributed by atoms with Gasteiger partial charge >= 0.3 is 5.97 Å². The van der Waals surface area contributed by atoms with E-state index in [0.717, 1.165) is 44.9 Å². The van der Waals surface area contributed by atoms with Gasteiger partial charge in [-0.15, -0.1) is 0 Å². The van der Waals surface area contributed by atoms with Gasteiger partial charge in [0.2, 0.25) is 5.91 Å². The Bertz CT molecular complexity index is 1210. The second-order valence-electron chi connectivity index (χ2n) is 23.1. The lowest BCUT2D eigenvalue weighted by atomic mass is 10.0. The molecule has 75 heavy (non-hydrogen) atoms. The summed E-state index contributed by atoms with van der Waals surface area (Å²) in [6, 6.07) is -0.627. The van der Waals surface area contributed by atoms with Crippen molar-refractivity contribution in [3.8, 4) is 0 Å².